The molecule has 2 aromatic carbocycles. The number of allylic oxidation sites excluding steroid dienone is 1. The van der Waals surface area contributed by atoms with Gasteiger partial charge in [0.15, 0.2) is 0 Å². The number of esters is 1. The molecule has 176 valence electrons. The average Bonchev–Trinajstić information content (AvgIpc) is 2.76. The van der Waals surface area contributed by atoms with Crippen molar-refractivity contribution in [3.63, 3.8) is 0 Å². The summed E-state index contributed by atoms with van der Waals surface area (Å²) in [5.74, 6) is -2.17. The van der Waals surface area contributed by atoms with Gasteiger partial charge in [0.1, 0.15) is 22.3 Å². The third kappa shape index (κ3) is 3.99. The first-order valence-electron chi connectivity index (χ1n) is 10.9. The van der Waals surface area contributed by atoms with Gasteiger partial charge in [0, 0.05) is 23.7 Å². The molecule has 0 spiro atoms. The second-order valence-electron chi connectivity index (χ2n) is 8.97. The van der Waals surface area contributed by atoms with Gasteiger partial charge in [-0.3, -0.25) is 4.79 Å². The van der Waals surface area contributed by atoms with Crippen LogP contribution < -0.4 is 0 Å². The minimum atomic E-state index is -3.79. The Labute approximate surface area is 193 Å². The maximum absolute atomic E-state index is 15.2. The molecule has 0 saturated carbocycles. The lowest BCUT2D eigenvalue weighted by atomic mass is 9.66. The summed E-state index contributed by atoms with van der Waals surface area (Å²) in [6.45, 7) is 3.29. The van der Waals surface area contributed by atoms with Gasteiger partial charge in [-0.15, -0.1) is 0 Å². The summed E-state index contributed by atoms with van der Waals surface area (Å²) in [7, 11) is -2.58. The van der Waals surface area contributed by atoms with Crippen LogP contribution in [0.4, 0.5) is 8.78 Å². The summed E-state index contributed by atoms with van der Waals surface area (Å²) in [6.07, 6.45) is 2.90. The van der Waals surface area contributed by atoms with Crippen molar-refractivity contribution in [2.45, 2.75) is 56.4 Å². The van der Waals surface area contributed by atoms with Crippen molar-refractivity contribution in [1.29, 1.82) is 0 Å². The molecule has 1 aliphatic carbocycles. The lowest BCUT2D eigenvalue weighted by Gasteiger charge is -2.38. The monoisotopic (exact) mass is 475 g/mol. The summed E-state index contributed by atoms with van der Waals surface area (Å²) in [6, 6.07) is 10.6. The van der Waals surface area contributed by atoms with Crippen molar-refractivity contribution in [2.24, 2.45) is 0 Å². The molecule has 2 aromatic rings. The van der Waals surface area contributed by atoms with E-state index in [-0.39, 0.29) is 30.1 Å². The Kier molecular flexibility index (Phi) is 6.18. The molecule has 8 heteroatoms. The van der Waals surface area contributed by atoms with E-state index >= 15 is 8.78 Å². The van der Waals surface area contributed by atoms with E-state index in [2.05, 4.69) is 0 Å². The first-order chi connectivity index (χ1) is 15.6. The number of hydrogen-bond donors (Lipinski definition) is 0. The minimum Gasteiger partial charge on any atom is -0.468 e. The zero-order chi connectivity index (χ0) is 24.0. The largest absolute Gasteiger partial charge is 0.468 e. The molecular weight excluding hydrogens is 448 g/mol. The highest BCUT2D eigenvalue weighted by atomic mass is 32.2. The van der Waals surface area contributed by atoms with Crippen LogP contribution in [0.5, 0.6) is 0 Å². The van der Waals surface area contributed by atoms with Crippen LogP contribution in [0.15, 0.2) is 54.1 Å². The first-order valence-corrected chi connectivity index (χ1v) is 12.4. The molecule has 2 aliphatic rings. The minimum absolute atomic E-state index is 0.0690. The van der Waals surface area contributed by atoms with Crippen LogP contribution in [0, 0.1) is 11.6 Å². The number of halogens is 2. The van der Waals surface area contributed by atoms with E-state index in [1.54, 1.807) is 44.2 Å². The summed E-state index contributed by atoms with van der Waals surface area (Å²) < 4.78 is 63.3. The Hall–Kier alpha value is -2.58. The Balaban J connectivity index is 1.68. The van der Waals surface area contributed by atoms with Crippen LogP contribution >= 0.6 is 0 Å². The lowest BCUT2D eigenvalue weighted by Crippen LogP contribution is -2.45. The summed E-state index contributed by atoms with van der Waals surface area (Å²) >= 11 is 0. The maximum atomic E-state index is 15.2. The Morgan fingerprint density at radius 1 is 1.15 bits per heavy atom. The van der Waals surface area contributed by atoms with Gasteiger partial charge in [-0.05, 0) is 50.8 Å². The van der Waals surface area contributed by atoms with Gasteiger partial charge in [-0.1, -0.05) is 42.0 Å². The zero-order valence-corrected chi connectivity index (χ0v) is 19.7. The van der Waals surface area contributed by atoms with Gasteiger partial charge in [-0.25, -0.2) is 17.2 Å². The predicted molar refractivity (Wildman–Crippen MR) is 121 cm³/mol. The van der Waals surface area contributed by atoms with Crippen molar-refractivity contribution in [3.05, 3.63) is 82.4 Å². The van der Waals surface area contributed by atoms with Gasteiger partial charge in [-0.2, -0.15) is 4.31 Å². The third-order valence-corrected chi connectivity index (χ3v) is 9.11. The molecular formula is C25H27F2NO4S. The second kappa shape index (κ2) is 8.65. The van der Waals surface area contributed by atoms with Crippen LogP contribution in [-0.2, 0) is 31.5 Å². The Morgan fingerprint density at radius 2 is 1.82 bits per heavy atom. The molecule has 1 heterocycles. The van der Waals surface area contributed by atoms with Gasteiger partial charge in [0.2, 0.25) is 10.0 Å². The number of sulfonamides is 1. The number of hydrogen-bond acceptors (Lipinski definition) is 4. The Morgan fingerprint density at radius 3 is 2.42 bits per heavy atom. The van der Waals surface area contributed by atoms with Crippen LogP contribution in [0.1, 0.15) is 55.1 Å². The van der Waals surface area contributed by atoms with Gasteiger partial charge in [0.25, 0.3) is 0 Å². The van der Waals surface area contributed by atoms with Crippen LogP contribution in [0.25, 0.3) is 0 Å². The molecule has 0 bridgehead atoms. The summed E-state index contributed by atoms with van der Waals surface area (Å²) in [5.41, 5.74) is 0.0388. The summed E-state index contributed by atoms with van der Waals surface area (Å²) in [5, 5.41) is -0.729. The molecule has 5 nitrogen and oxygen atoms in total. The second-order valence-corrected chi connectivity index (χ2v) is 11.0. The van der Waals surface area contributed by atoms with Crippen molar-refractivity contribution >= 4 is 16.0 Å². The number of carbonyl (C=O) groups is 1. The Bertz CT molecular complexity index is 1210. The van der Waals surface area contributed by atoms with E-state index in [1.165, 1.54) is 11.4 Å². The zero-order valence-electron chi connectivity index (χ0n) is 18.8. The smallest absolute Gasteiger partial charge is 0.320 e. The lowest BCUT2D eigenvalue weighted by molar-refractivity contribution is -0.146. The number of benzene rings is 2. The van der Waals surface area contributed by atoms with E-state index in [4.69, 9.17) is 4.74 Å². The van der Waals surface area contributed by atoms with Crippen molar-refractivity contribution < 1.29 is 26.7 Å². The van der Waals surface area contributed by atoms with Crippen LogP contribution in [0.3, 0.4) is 0 Å². The average molecular weight is 476 g/mol. The van der Waals surface area contributed by atoms with Crippen molar-refractivity contribution in [3.8, 4) is 0 Å². The van der Waals surface area contributed by atoms with Crippen LogP contribution in [-0.4, -0.2) is 31.8 Å². The third-order valence-electron chi connectivity index (χ3n) is 6.74. The van der Waals surface area contributed by atoms with Gasteiger partial charge in [0.05, 0.1) is 7.11 Å². The van der Waals surface area contributed by atoms with E-state index in [9.17, 15) is 13.2 Å². The van der Waals surface area contributed by atoms with E-state index in [0.717, 1.165) is 17.7 Å². The van der Waals surface area contributed by atoms with E-state index in [1.807, 2.05) is 6.07 Å². The SMILES string of the molecule is COC(=O)[C@@]1(c2cc(F)c(CN3[C@@H](C)CC[C@H](c4ccccc4)S3(=O)=O)cc2F)C=C(C)C1. The predicted octanol–water partition coefficient (Wildman–Crippen LogP) is 4.78. The summed E-state index contributed by atoms with van der Waals surface area (Å²) in [4.78, 5) is 12.4. The van der Waals surface area contributed by atoms with Crippen LogP contribution in [0.2, 0.25) is 0 Å². The van der Waals surface area contributed by atoms with Gasteiger partial charge < -0.3 is 4.74 Å². The number of ether oxygens (including phenoxy) is 1. The molecule has 0 unspecified atom stereocenters. The number of nitrogens with zero attached hydrogens (tertiary/aromatic N) is 1. The van der Waals surface area contributed by atoms with Crippen molar-refractivity contribution in [2.75, 3.05) is 7.11 Å². The quantitative estimate of drug-likeness (QED) is 0.461. The molecule has 4 rings (SSSR count). The molecule has 1 fully saturated rings. The molecule has 0 radical (unpaired) electrons. The first kappa shape index (κ1) is 23.6. The van der Waals surface area contributed by atoms with E-state index < -0.39 is 38.3 Å². The standard InChI is InChI=1S/C25H27F2NO4S/c1-16-13-25(14-16,24(29)32-3)20-12-21(26)19(11-22(20)27)15-28-17(2)9-10-23(33(28,30)31)18-7-5-4-6-8-18/h4-8,11-13,17,23H,9-10,14-15H2,1-3H3/t17-,23+,25-/m0/s1. The number of rotatable bonds is 5. The highest BCUT2D eigenvalue weighted by Crippen LogP contribution is 2.45. The fourth-order valence-corrected chi connectivity index (χ4v) is 7.19. The highest BCUT2D eigenvalue weighted by molar-refractivity contribution is 7.89. The topological polar surface area (TPSA) is 63.7 Å². The number of methoxy groups -OCH3 is 1. The van der Waals surface area contributed by atoms with Gasteiger partial charge >= 0.3 is 5.97 Å². The maximum Gasteiger partial charge on any atom is 0.320 e. The molecule has 1 aliphatic heterocycles. The fourth-order valence-electron chi connectivity index (χ4n) is 5.00. The fraction of sp³-hybridized carbons (Fsp3) is 0.400. The van der Waals surface area contributed by atoms with Crippen molar-refractivity contribution in [1.82, 2.24) is 4.31 Å². The van der Waals surface area contributed by atoms with E-state index in [0.29, 0.717) is 18.4 Å². The number of carbonyl (C=O) groups excluding carboxylic acids is 1. The molecule has 3 atom stereocenters. The molecule has 0 amide bonds. The normalized spacial score (nSPS) is 26.9. The molecule has 0 N–H and O–H groups in total. The molecule has 1 saturated heterocycles. The molecule has 33 heavy (non-hydrogen) atoms. The molecule has 0 aromatic heterocycles. The highest BCUT2D eigenvalue weighted by Gasteiger charge is 2.47.